The van der Waals surface area contributed by atoms with Crippen molar-refractivity contribution in [1.82, 2.24) is 10.3 Å². The van der Waals surface area contributed by atoms with Gasteiger partial charge in [0.15, 0.2) is 0 Å². The fourth-order valence-electron chi connectivity index (χ4n) is 1.70. The molecule has 94 valence electrons. The molecule has 0 aliphatic heterocycles. The molecule has 17 heavy (non-hydrogen) atoms. The second kappa shape index (κ2) is 7.07. The third kappa shape index (κ3) is 4.19. The lowest BCUT2D eigenvalue weighted by Gasteiger charge is -2.26. The molecule has 1 heterocycles. The normalized spacial score (nSPS) is 10.6. The summed E-state index contributed by atoms with van der Waals surface area (Å²) in [5.41, 5.74) is 1.27. The molecule has 0 atom stereocenters. The van der Waals surface area contributed by atoms with E-state index < -0.39 is 0 Å². The topological polar surface area (TPSA) is 28.2 Å². The van der Waals surface area contributed by atoms with Crippen molar-refractivity contribution < 1.29 is 0 Å². The van der Waals surface area contributed by atoms with Gasteiger partial charge < -0.3 is 10.2 Å². The first-order valence-corrected chi connectivity index (χ1v) is 6.22. The lowest BCUT2D eigenvalue weighted by molar-refractivity contribution is 0.704. The summed E-state index contributed by atoms with van der Waals surface area (Å²) in [4.78, 5) is 6.68. The van der Waals surface area contributed by atoms with Crippen LogP contribution in [-0.4, -0.2) is 24.1 Å². The summed E-state index contributed by atoms with van der Waals surface area (Å²) >= 11 is 0. The van der Waals surface area contributed by atoms with Crippen LogP contribution in [0.5, 0.6) is 0 Å². The summed E-state index contributed by atoms with van der Waals surface area (Å²) in [6.45, 7) is 13.0. The number of rotatable bonds is 7. The lowest BCUT2D eigenvalue weighted by Crippen LogP contribution is -2.31. The molecule has 0 unspecified atom stereocenters. The fourth-order valence-corrected chi connectivity index (χ4v) is 1.70. The first-order chi connectivity index (χ1) is 8.19. The highest BCUT2D eigenvalue weighted by Gasteiger charge is 2.10. The van der Waals surface area contributed by atoms with Gasteiger partial charge in [-0.25, -0.2) is 4.98 Å². The van der Waals surface area contributed by atoms with E-state index in [1.807, 2.05) is 12.3 Å². The third-order valence-corrected chi connectivity index (χ3v) is 2.63. The van der Waals surface area contributed by atoms with Crippen LogP contribution in [0.4, 0.5) is 5.82 Å². The Hall–Kier alpha value is -1.35. The molecule has 1 aromatic rings. The van der Waals surface area contributed by atoms with E-state index in [1.165, 1.54) is 5.56 Å². The summed E-state index contributed by atoms with van der Waals surface area (Å²) in [7, 11) is 0. The average molecular weight is 233 g/mol. The fraction of sp³-hybridized carbons (Fsp3) is 0.500. The number of pyridine rings is 1. The molecular weight excluding hydrogens is 210 g/mol. The zero-order valence-corrected chi connectivity index (χ0v) is 11.1. The zero-order valence-electron chi connectivity index (χ0n) is 11.1. The Morgan fingerprint density at radius 1 is 1.53 bits per heavy atom. The van der Waals surface area contributed by atoms with Crippen molar-refractivity contribution >= 4 is 5.82 Å². The molecule has 0 aromatic carbocycles. The average Bonchev–Trinajstić information content (AvgIpc) is 2.33. The van der Waals surface area contributed by atoms with Crippen LogP contribution in [0.1, 0.15) is 26.3 Å². The van der Waals surface area contributed by atoms with Gasteiger partial charge in [0.1, 0.15) is 5.82 Å². The Morgan fingerprint density at radius 2 is 2.29 bits per heavy atom. The number of nitrogens with one attached hydrogen (secondary N) is 1. The Morgan fingerprint density at radius 3 is 2.88 bits per heavy atom. The smallest absolute Gasteiger partial charge is 0.129 e. The quantitative estimate of drug-likeness (QED) is 0.734. The maximum Gasteiger partial charge on any atom is 0.129 e. The molecule has 0 aliphatic carbocycles. The molecule has 0 spiro atoms. The van der Waals surface area contributed by atoms with Crippen molar-refractivity contribution in [2.45, 2.75) is 33.4 Å². The minimum Gasteiger partial charge on any atom is -0.350 e. The van der Waals surface area contributed by atoms with Crippen LogP contribution >= 0.6 is 0 Å². The lowest BCUT2D eigenvalue weighted by atomic mass is 10.2. The molecule has 0 bridgehead atoms. The van der Waals surface area contributed by atoms with Gasteiger partial charge in [0.25, 0.3) is 0 Å². The predicted octanol–water partition coefficient (Wildman–Crippen LogP) is 2.59. The SMILES string of the molecule is C=CCN(c1cc(CNCC)ccn1)C(C)C. The van der Waals surface area contributed by atoms with Crippen molar-refractivity contribution in [1.29, 1.82) is 0 Å². The Kier molecular flexibility index (Phi) is 5.70. The predicted molar refractivity (Wildman–Crippen MR) is 74.3 cm³/mol. The molecule has 1 rings (SSSR count). The van der Waals surface area contributed by atoms with Crippen LogP contribution in [0, 0.1) is 0 Å². The molecule has 0 amide bonds. The van der Waals surface area contributed by atoms with E-state index in [-0.39, 0.29) is 0 Å². The van der Waals surface area contributed by atoms with Gasteiger partial charge in [-0.3, -0.25) is 0 Å². The standard InChI is InChI=1S/C14H23N3/c1-5-9-17(12(3)4)14-10-13(7-8-16-14)11-15-6-2/h5,7-8,10,12,15H,1,6,9,11H2,2-4H3. The summed E-state index contributed by atoms with van der Waals surface area (Å²) in [5.74, 6) is 1.02. The minimum atomic E-state index is 0.426. The first-order valence-electron chi connectivity index (χ1n) is 6.22. The molecular formula is C14H23N3. The molecule has 0 fully saturated rings. The van der Waals surface area contributed by atoms with Crippen LogP contribution in [0.3, 0.4) is 0 Å². The highest BCUT2D eigenvalue weighted by molar-refractivity contribution is 5.42. The van der Waals surface area contributed by atoms with Crippen molar-refractivity contribution in [2.75, 3.05) is 18.0 Å². The molecule has 1 N–H and O–H groups in total. The highest BCUT2D eigenvalue weighted by atomic mass is 15.2. The van der Waals surface area contributed by atoms with Gasteiger partial charge in [-0.05, 0) is 38.1 Å². The number of anilines is 1. The van der Waals surface area contributed by atoms with E-state index in [9.17, 15) is 0 Å². The molecule has 0 aliphatic rings. The van der Waals surface area contributed by atoms with E-state index in [1.54, 1.807) is 0 Å². The number of aromatic nitrogens is 1. The van der Waals surface area contributed by atoms with Crippen LogP contribution in [0.2, 0.25) is 0 Å². The summed E-state index contributed by atoms with van der Waals surface area (Å²) in [6, 6.07) is 4.62. The first kappa shape index (κ1) is 13.7. The molecule has 0 saturated carbocycles. The summed E-state index contributed by atoms with van der Waals surface area (Å²) in [6.07, 6.45) is 3.79. The second-order valence-corrected chi connectivity index (χ2v) is 4.34. The zero-order chi connectivity index (χ0) is 12.7. The van der Waals surface area contributed by atoms with Gasteiger partial charge in [-0.15, -0.1) is 6.58 Å². The van der Waals surface area contributed by atoms with Gasteiger partial charge in [0.05, 0.1) is 0 Å². The number of hydrogen-bond acceptors (Lipinski definition) is 3. The van der Waals surface area contributed by atoms with Crippen LogP contribution in [-0.2, 0) is 6.54 Å². The van der Waals surface area contributed by atoms with Gasteiger partial charge in [0, 0.05) is 25.3 Å². The van der Waals surface area contributed by atoms with E-state index in [0.29, 0.717) is 6.04 Å². The molecule has 0 radical (unpaired) electrons. The Balaban J connectivity index is 2.83. The van der Waals surface area contributed by atoms with Crippen LogP contribution in [0.25, 0.3) is 0 Å². The van der Waals surface area contributed by atoms with Gasteiger partial charge in [-0.1, -0.05) is 13.0 Å². The van der Waals surface area contributed by atoms with E-state index in [2.05, 4.69) is 54.7 Å². The van der Waals surface area contributed by atoms with Gasteiger partial charge in [0.2, 0.25) is 0 Å². The second-order valence-electron chi connectivity index (χ2n) is 4.34. The Bertz CT molecular complexity index is 347. The van der Waals surface area contributed by atoms with Crippen molar-refractivity contribution in [3.8, 4) is 0 Å². The van der Waals surface area contributed by atoms with E-state index >= 15 is 0 Å². The molecule has 0 saturated heterocycles. The van der Waals surface area contributed by atoms with Crippen molar-refractivity contribution in [2.24, 2.45) is 0 Å². The monoisotopic (exact) mass is 233 g/mol. The number of hydrogen-bond donors (Lipinski definition) is 1. The Labute approximate surface area is 105 Å². The van der Waals surface area contributed by atoms with E-state index in [4.69, 9.17) is 0 Å². The van der Waals surface area contributed by atoms with Crippen molar-refractivity contribution in [3.63, 3.8) is 0 Å². The van der Waals surface area contributed by atoms with Crippen LogP contribution < -0.4 is 10.2 Å². The maximum atomic E-state index is 4.44. The summed E-state index contributed by atoms with van der Waals surface area (Å²) < 4.78 is 0. The largest absolute Gasteiger partial charge is 0.350 e. The minimum absolute atomic E-state index is 0.426. The molecule has 1 aromatic heterocycles. The highest BCUT2D eigenvalue weighted by Crippen LogP contribution is 2.15. The van der Waals surface area contributed by atoms with E-state index in [0.717, 1.165) is 25.5 Å². The van der Waals surface area contributed by atoms with Gasteiger partial charge >= 0.3 is 0 Å². The molecule has 3 nitrogen and oxygen atoms in total. The maximum absolute atomic E-state index is 4.44. The van der Waals surface area contributed by atoms with Gasteiger partial charge in [-0.2, -0.15) is 0 Å². The molecule has 3 heteroatoms. The third-order valence-electron chi connectivity index (χ3n) is 2.63. The van der Waals surface area contributed by atoms with Crippen molar-refractivity contribution in [3.05, 3.63) is 36.5 Å². The summed E-state index contributed by atoms with van der Waals surface area (Å²) in [5, 5.41) is 3.33. The number of nitrogens with zero attached hydrogens (tertiary/aromatic N) is 2. The van der Waals surface area contributed by atoms with Crippen LogP contribution in [0.15, 0.2) is 31.0 Å².